The summed E-state index contributed by atoms with van der Waals surface area (Å²) in [6, 6.07) is 19.8. The number of nitrogens with one attached hydrogen (secondary N) is 1. The zero-order chi connectivity index (χ0) is 26.1. The van der Waals surface area contributed by atoms with Gasteiger partial charge in [0.25, 0.3) is 5.91 Å². The van der Waals surface area contributed by atoms with Crippen molar-refractivity contribution in [3.05, 3.63) is 97.6 Å². The van der Waals surface area contributed by atoms with Crippen LogP contribution >= 0.6 is 34.4 Å². The number of methoxy groups -OCH3 is 1. The fourth-order valence-corrected chi connectivity index (χ4v) is 5.57. The number of amidine groups is 2. The Labute approximate surface area is 232 Å². The molecule has 37 heavy (non-hydrogen) atoms. The molecule has 0 saturated carbocycles. The molecule has 0 aliphatic carbocycles. The summed E-state index contributed by atoms with van der Waals surface area (Å²) < 4.78 is 12.5. The lowest BCUT2D eigenvalue weighted by Gasteiger charge is -2.20. The Bertz CT molecular complexity index is 1510. The van der Waals surface area contributed by atoms with Gasteiger partial charge in [0.1, 0.15) is 11.7 Å². The average Bonchev–Trinajstić information content (AvgIpc) is 3.30. The highest BCUT2D eigenvalue weighted by molar-refractivity contribution is 14.1. The molecule has 0 bridgehead atoms. The van der Waals surface area contributed by atoms with Crippen LogP contribution in [0.5, 0.6) is 11.5 Å². The fraction of sp³-hybridized carbons (Fsp3) is 0.143. The van der Waals surface area contributed by atoms with Crippen LogP contribution in [0.3, 0.4) is 0 Å². The van der Waals surface area contributed by atoms with Crippen molar-refractivity contribution < 1.29 is 14.3 Å². The van der Waals surface area contributed by atoms with Gasteiger partial charge in [0.15, 0.2) is 17.3 Å². The van der Waals surface area contributed by atoms with Gasteiger partial charge < -0.3 is 9.47 Å². The topological polar surface area (TPSA) is 87.3 Å². The minimum atomic E-state index is -0.474. The minimum absolute atomic E-state index is 0.0154. The Kier molecular flexibility index (Phi) is 7.16. The number of rotatable bonds is 6. The maximum atomic E-state index is 12.9. The maximum absolute atomic E-state index is 12.9. The first-order valence-corrected chi connectivity index (χ1v) is 13.3. The van der Waals surface area contributed by atoms with Crippen LogP contribution in [0.4, 0.5) is 0 Å². The van der Waals surface area contributed by atoms with E-state index in [0.29, 0.717) is 33.9 Å². The third kappa shape index (κ3) is 5.33. The monoisotopic (exact) mass is 622 g/mol. The van der Waals surface area contributed by atoms with Gasteiger partial charge in [-0.3, -0.25) is 10.2 Å². The van der Waals surface area contributed by atoms with Crippen molar-refractivity contribution in [1.82, 2.24) is 5.01 Å². The molecule has 0 aromatic heterocycles. The number of halogens is 1. The normalized spacial score (nSPS) is 16.0. The number of amides is 1. The molecule has 0 spiro atoms. The molecular formula is C28H23IN4O3S. The van der Waals surface area contributed by atoms with Crippen LogP contribution < -0.4 is 9.47 Å². The summed E-state index contributed by atoms with van der Waals surface area (Å²) in [5.41, 5.74) is 5.15. The SMILES string of the molecule is COc1cc(C=C2C(=N)N3N=C(c4ccc(C)cc4)SC3=NC2=O)cc(I)c1OCc1cccc(C)c1. The van der Waals surface area contributed by atoms with Crippen molar-refractivity contribution in [2.45, 2.75) is 20.5 Å². The Morgan fingerprint density at radius 1 is 1.08 bits per heavy atom. The summed E-state index contributed by atoms with van der Waals surface area (Å²) in [6.07, 6.45) is 1.64. The summed E-state index contributed by atoms with van der Waals surface area (Å²) in [7, 11) is 1.58. The van der Waals surface area contributed by atoms with E-state index < -0.39 is 5.91 Å². The van der Waals surface area contributed by atoms with Gasteiger partial charge in [-0.1, -0.05) is 59.7 Å². The first kappa shape index (κ1) is 25.2. The van der Waals surface area contributed by atoms with Gasteiger partial charge in [-0.15, -0.1) is 0 Å². The maximum Gasteiger partial charge on any atom is 0.283 e. The first-order chi connectivity index (χ1) is 17.8. The largest absolute Gasteiger partial charge is 0.493 e. The van der Waals surface area contributed by atoms with E-state index in [9.17, 15) is 4.79 Å². The van der Waals surface area contributed by atoms with Crippen molar-refractivity contribution in [1.29, 1.82) is 5.41 Å². The fourth-order valence-electron chi connectivity index (χ4n) is 3.89. The van der Waals surface area contributed by atoms with E-state index in [1.807, 2.05) is 62.4 Å². The van der Waals surface area contributed by atoms with Gasteiger partial charge in [-0.05, 0) is 77.5 Å². The van der Waals surface area contributed by atoms with Crippen LogP contribution in [0.1, 0.15) is 27.8 Å². The van der Waals surface area contributed by atoms with E-state index in [-0.39, 0.29) is 11.4 Å². The lowest BCUT2D eigenvalue weighted by atomic mass is 10.1. The van der Waals surface area contributed by atoms with Gasteiger partial charge >= 0.3 is 0 Å². The Hall–Kier alpha value is -3.44. The molecule has 0 radical (unpaired) electrons. The van der Waals surface area contributed by atoms with Crippen LogP contribution in [0, 0.1) is 22.8 Å². The zero-order valence-corrected chi connectivity index (χ0v) is 23.4. The second kappa shape index (κ2) is 10.5. The first-order valence-electron chi connectivity index (χ1n) is 11.5. The number of benzene rings is 3. The molecule has 3 aromatic carbocycles. The molecule has 3 aromatic rings. The Morgan fingerprint density at radius 2 is 1.86 bits per heavy atom. The number of carbonyl (C=O) groups excluding carboxylic acids is 1. The van der Waals surface area contributed by atoms with Gasteiger partial charge in [-0.25, -0.2) is 0 Å². The van der Waals surface area contributed by atoms with Crippen molar-refractivity contribution in [3.8, 4) is 11.5 Å². The van der Waals surface area contributed by atoms with Crippen LogP contribution in [0.2, 0.25) is 0 Å². The smallest absolute Gasteiger partial charge is 0.283 e. The lowest BCUT2D eigenvalue weighted by molar-refractivity contribution is -0.114. The van der Waals surface area contributed by atoms with Gasteiger partial charge in [0.2, 0.25) is 5.17 Å². The van der Waals surface area contributed by atoms with Crippen LogP contribution in [-0.4, -0.2) is 34.1 Å². The average molecular weight is 622 g/mol. The lowest BCUT2D eigenvalue weighted by Crippen LogP contribution is -2.35. The molecule has 1 amide bonds. The van der Waals surface area contributed by atoms with E-state index in [0.717, 1.165) is 20.3 Å². The quantitative estimate of drug-likeness (QED) is 0.263. The van der Waals surface area contributed by atoms with Gasteiger partial charge in [0, 0.05) is 5.56 Å². The Morgan fingerprint density at radius 3 is 2.59 bits per heavy atom. The van der Waals surface area contributed by atoms with E-state index in [2.05, 4.69) is 38.8 Å². The number of hydrogen-bond donors (Lipinski definition) is 1. The molecule has 0 fully saturated rings. The second-order valence-electron chi connectivity index (χ2n) is 8.60. The van der Waals surface area contributed by atoms with E-state index in [1.54, 1.807) is 19.3 Å². The van der Waals surface area contributed by atoms with Gasteiger partial charge in [0.05, 0.1) is 16.3 Å². The number of hydrazone groups is 1. The van der Waals surface area contributed by atoms with Crippen molar-refractivity contribution in [2.24, 2.45) is 10.1 Å². The molecule has 5 rings (SSSR count). The zero-order valence-electron chi connectivity index (χ0n) is 20.4. The number of nitrogens with zero attached hydrogens (tertiary/aromatic N) is 3. The highest BCUT2D eigenvalue weighted by atomic mass is 127. The molecule has 2 heterocycles. The molecule has 186 valence electrons. The molecule has 0 atom stereocenters. The van der Waals surface area contributed by atoms with Crippen LogP contribution in [0.15, 0.2) is 76.3 Å². The summed E-state index contributed by atoms with van der Waals surface area (Å²) in [5.74, 6) is 0.679. The molecular weight excluding hydrogens is 599 g/mol. The van der Waals surface area contributed by atoms with Crippen LogP contribution in [0.25, 0.3) is 6.08 Å². The number of carbonyl (C=O) groups is 1. The highest BCUT2D eigenvalue weighted by Crippen LogP contribution is 2.36. The number of aryl methyl sites for hydroxylation is 2. The molecule has 2 aliphatic heterocycles. The molecule has 9 heteroatoms. The summed E-state index contributed by atoms with van der Waals surface area (Å²) in [4.78, 5) is 17.1. The van der Waals surface area contributed by atoms with E-state index in [4.69, 9.17) is 14.9 Å². The number of thioether (sulfide) groups is 1. The standard InChI is InChI=1S/C28H23IN4O3S/c1-16-7-9-20(10-8-16)27-32-33-25(30)21(26(34)31-28(33)37-27)12-19-13-22(29)24(23(14-19)35-3)36-15-18-6-4-5-17(2)11-18/h4-14,30H,15H2,1-3H3. The summed E-state index contributed by atoms with van der Waals surface area (Å²) in [5, 5.41) is 15.7. The van der Waals surface area contributed by atoms with Crippen molar-refractivity contribution >= 4 is 62.4 Å². The molecule has 0 unspecified atom stereocenters. The van der Waals surface area contributed by atoms with E-state index >= 15 is 0 Å². The number of hydrogen-bond acceptors (Lipinski definition) is 6. The molecule has 1 N–H and O–H groups in total. The second-order valence-corrected chi connectivity index (χ2v) is 10.7. The molecule has 2 aliphatic rings. The minimum Gasteiger partial charge on any atom is -0.493 e. The third-order valence-electron chi connectivity index (χ3n) is 5.78. The van der Waals surface area contributed by atoms with Gasteiger partial charge in [-0.2, -0.15) is 15.1 Å². The third-order valence-corrected chi connectivity index (χ3v) is 7.54. The van der Waals surface area contributed by atoms with Crippen molar-refractivity contribution in [2.75, 3.05) is 7.11 Å². The number of ether oxygens (including phenoxy) is 2. The Balaban J connectivity index is 1.41. The van der Waals surface area contributed by atoms with E-state index in [1.165, 1.54) is 22.3 Å². The number of fused-ring (bicyclic) bond motifs is 1. The summed E-state index contributed by atoms with van der Waals surface area (Å²) in [6.45, 7) is 4.47. The van der Waals surface area contributed by atoms with Crippen LogP contribution in [-0.2, 0) is 11.4 Å². The predicted octanol–water partition coefficient (Wildman–Crippen LogP) is 6.16. The molecule has 0 saturated heterocycles. The predicted molar refractivity (Wildman–Crippen MR) is 157 cm³/mol. The summed E-state index contributed by atoms with van der Waals surface area (Å²) >= 11 is 3.47. The van der Waals surface area contributed by atoms with Crippen molar-refractivity contribution in [3.63, 3.8) is 0 Å². The highest BCUT2D eigenvalue weighted by Gasteiger charge is 2.36. The molecule has 7 nitrogen and oxygen atoms in total. The number of aliphatic imine (C=N–C) groups is 1.